The van der Waals surface area contributed by atoms with E-state index in [4.69, 9.17) is 4.52 Å². The SMILES string of the molecule is CC(c1ccccn1)N(C(=O)CCCc1nc(-c2cccs2)no1)C1CC1. The maximum atomic E-state index is 12.9. The third kappa shape index (κ3) is 4.24. The lowest BCUT2D eigenvalue weighted by atomic mass is 10.1. The van der Waals surface area contributed by atoms with Crippen LogP contribution in [0.1, 0.15) is 50.2 Å². The molecule has 1 saturated carbocycles. The minimum atomic E-state index is 0.0000330. The summed E-state index contributed by atoms with van der Waals surface area (Å²) in [5, 5.41) is 6.00. The molecule has 1 fully saturated rings. The fraction of sp³-hybridized carbons (Fsp3) is 0.400. The number of carbonyl (C=O) groups excluding carboxylic acids is 1. The first kappa shape index (κ1) is 17.9. The molecule has 140 valence electrons. The summed E-state index contributed by atoms with van der Waals surface area (Å²) in [5.74, 6) is 1.38. The van der Waals surface area contributed by atoms with Crippen molar-refractivity contribution in [3.05, 3.63) is 53.5 Å². The lowest BCUT2D eigenvalue weighted by Crippen LogP contribution is -2.35. The highest BCUT2D eigenvalue weighted by molar-refractivity contribution is 7.13. The number of carbonyl (C=O) groups is 1. The van der Waals surface area contributed by atoms with Gasteiger partial charge in [-0.05, 0) is 49.8 Å². The molecule has 0 saturated heterocycles. The number of hydrogen-bond donors (Lipinski definition) is 0. The number of aromatic nitrogens is 3. The normalized spacial score (nSPS) is 14.9. The van der Waals surface area contributed by atoms with Crippen LogP contribution in [0, 0.1) is 0 Å². The first-order valence-electron chi connectivity index (χ1n) is 9.31. The molecule has 3 aromatic rings. The Morgan fingerprint density at radius 3 is 2.93 bits per heavy atom. The Bertz CT molecular complexity index is 875. The van der Waals surface area contributed by atoms with Crippen LogP contribution >= 0.6 is 11.3 Å². The van der Waals surface area contributed by atoms with Crippen LogP contribution in [0.3, 0.4) is 0 Å². The van der Waals surface area contributed by atoms with Crippen molar-refractivity contribution in [1.82, 2.24) is 20.0 Å². The summed E-state index contributed by atoms with van der Waals surface area (Å²) in [6, 6.07) is 10.1. The number of nitrogens with zero attached hydrogens (tertiary/aromatic N) is 4. The zero-order valence-corrected chi connectivity index (χ0v) is 16.1. The molecular formula is C20H22N4O2S. The number of amides is 1. The summed E-state index contributed by atoms with van der Waals surface area (Å²) < 4.78 is 5.32. The van der Waals surface area contributed by atoms with E-state index >= 15 is 0 Å². The highest BCUT2D eigenvalue weighted by Gasteiger charge is 2.36. The van der Waals surface area contributed by atoms with Crippen LogP contribution < -0.4 is 0 Å². The molecule has 0 spiro atoms. The summed E-state index contributed by atoms with van der Waals surface area (Å²) in [5.41, 5.74) is 0.940. The van der Waals surface area contributed by atoms with Crippen LogP contribution in [-0.4, -0.2) is 32.0 Å². The predicted octanol–water partition coefficient (Wildman–Crippen LogP) is 4.27. The maximum Gasteiger partial charge on any atom is 0.226 e. The molecule has 1 atom stereocenters. The third-order valence-electron chi connectivity index (χ3n) is 4.75. The fourth-order valence-electron chi connectivity index (χ4n) is 3.24. The average molecular weight is 382 g/mol. The summed E-state index contributed by atoms with van der Waals surface area (Å²) in [6.45, 7) is 2.06. The Morgan fingerprint density at radius 2 is 2.22 bits per heavy atom. The Balaban J connectivity index is 1.34. The molecule has 0 aliphatic heterocycles. The van der Waals surface area contributed by atoms with Crippen LogP contribution in [0.5, 0.6) is 0 Å². The molecule has 1 amide bonds. The molecular weight excluding hydrogens is 360 g/mol. The van der Waals surface area contributed by atoms with E-state index in [0.717, 1.165) is 23.4 Å². The zero-order valence-electron chi connectivity index (χ0n) is 15.2. The van der Waals surface area contributed by atoms with Gasteiger partial charge >= 0.3 is 0 Å². The molecule has 1 unspecified atom stereocenters. The first-order chi connectivity index (χ1) is 13.2. The zero-order chi connectivity index (χ0) is 18.6. The van der Waals surface area contributed by atoms with Gasteiger partial charge in [-0.1, -0.05) is 17.3 Å². The van der Waals surface area contributed by atoms with Crippen LogP contribution in [0.25, 0.3) is 10.7 Å². The van der Waals surface area contributed by atoms with Crippen LogP contribution in [0.4, 0.5) is 0 Å². The molecule has 0 N–H and O–H groups in total. The van der Waals surface area contributed by atoms with Crippen molar-refractivity contribution in [2.75, 3.05) is 0 Å². The fourth-order valence-corrected chi connectivity index (χ4v) is 3.89. The van der Waals surface area contributed by atoms with Gasteiger partial charge in [0.2, 0.25) is 17.6 Å². The second-order valence-corrected chi connectivity index (χ2v) is 7.75. The highest BCUT2D eigenvalue weighted by atomic mass is 32.1. The van der Waals surface area contributed by atoms with Gasteiger partial charge in [0.05, 0.1) is 16.6 Å². The van der Waals surface area contributed by atoms with Gasteiger partial charge in [0.15, 0.2) is 0 Å². The topological polar surface area (TPSA) is 72.1 Å². The van der Waals surface area contributed by atoms with Gasteiger partial charge in [-0.25, -0.2) is 0 Å². The molecule has 1 aliphatic rings. The van der Waals surface area contributed by atoms with Gasteiger partial charge < -0.3 is 9.42 Å². The van der Waals surface area contributed by atoms with Crippen molar-refractivity contribution in [3.8, 4) is 10.7 Å². The third-order valence-corrected chi connectivity index (χ3v) is 5.62. The van der Waals surface area contributed by atoms with E-state index in [9.17, 15) is 4.79 Å². The van der Waals surface area contributed by atoms with E-state index < -0.39 is 0 Å². The van der Waals surface area contributed by atoms with Gasteiger partial charge in [0.25, 0.3) is 0 Å². The highest BCUT2D eigenvalue weighted by Crippen LogP contribution is 2.34. The smallest absolute Gasteiger partial charge is 0.226 e. The molecule has 0 bridgehead atoms. The first-order valence-corrected chi connectivity index (χ1v) is 10.2. The summed E-state index contributed by atoms with van der Waals surface area (Å²) in [7, 11) is 0. The van der Waals surface area contributed by atoms with Crippen LogP contribution in [0.2, 0.25) is 0 Å². The van der Waals surface area contributed by atoms with Crippen molar-refractivity contribution < 1.29 is 9.32 Å². The number of aryl methyl sites for hydroxylation is 1. The number of rotatable bonds is 8. The average Bonchev–Trinajstić information content (AvgIpc) is 3.18. The number of pyridine rings is 1. The van der Waals surface area contributed by atoms with Crippen molar-refractivity contribution in [2.24, 2.45) is 0 Å². The van der Waals surface area contributed by atoms with E-state index in [1.54, 1.807) is 17.5 Å². The lowest BCUT2D eigenvalue weighted by Gasteiger charge is -2.29. The summed E-state index contributed by atoms with van der Waals surface area (Å²) >= 11 is 1.58. The Kier molecular flexibility index (Phi) is 5.29. The van der Waals surface area contributed by atoms with E-state index in [2.05, 4.69) is 22.0 Å². The second-order valence-electron chi connectivity index (χ2n) is 6.81. The van der Waals surface area contributed by atoms with Crippen molar-refractivity contribution in [3.63, 3.8) is 0 Å². The van der Waals surface area contributed by atoms with E-state index in [1.807, 2.05) is 40.6 Å². The van der Waals surface area contributed by atoms with Gasteiger partial charge in [0, 0.05) is 25.1 Å². The molecule has 27 heavy (non-hydrogen) atoms. The van der Waals surface area contributed by atoms with Gasteiger partial charge in [-0.15, -0.1) is 11.3 Å². The molecule has 1 aliphatic carbocycles. The van der Waals surface area contributed by atoms with Gasteiger partial charge in [-0.3, -0.25) is 9.78 Å². The van der Waals surface area contributed by atoms with Crippen molar-refractivity contribution in [1.29, 1.82) is 0 Å². The van der Waals surface area contributed by atoms with Gasteiger partial charge in [-0.2, -0.15) is 4.98 Å². The second kappa shape index (κ2) is 8.00. The largest absolute Gasteiger partial charge is 0.339 e. The maximum absolute atomic E-state index is 12.9. The quantitative estimate of drug-likeness (QED) is 0.582. The Labute approximate surface area is 162 Å². The summed E-state index contributed by atoms with van der Waals surface area (Å²) in [4.78, 5) is 24.7. The molecule has 6 nitrogen and oxygen atoms in total. The van der Waals surface area contributed by atoms with E-state index in [0.29, 0.717) is 37.0 Å². The van der Waals surface area contributed by atoms with E-state index in [1.165, 1.54) is 0 Å². The summed E-state index contributed by atoms with van der Waals surface area (Å²) in [6.07, 6.45) is 5.73. The standard InChI is InChI=1S/C20H22N4O2S/c1-14(16-6-2-3-12-21-16)24(15-10-11-15)19(25)9-4-8-18-22-20(23-26-18)17-7-5-13-27-17/h2-3,5-7,12-15H,4,8-11H2,1H3. The van der Waals surface area contributed by atoms with Crippen molar-refractivity contribution >= 4 is 17.2 Å². The van der Waals surface area contributed by atoms with Crippen LogP contribution in [0.15, 0.2) is 46.4 Å². The molecule has 3 aromatic heterocycles. The minimum Gasteiger partial charge on any atom is -0.339 e. The van der Waals surface area contributed by atoms with Crippen molar-refractivity contribution in [2.45, 2.75) is 51.1 Å². The Morgan fingerprint density at radius 1 is 1.33 bits per heavy atom. The number of thiophene rings is 1. The van der Waals surface area contributed by atoms with Crippen LogP contribution in [-0.2, 0) is 11.2 Å². The monoisotopic (exact) mass is 382 g/mol. The lowest BCUT2D eigenvalue weighted by molar-refractivity contribution is -0.134. The minimum absolute atomic E-state index is 0.0000330. The number of hydrogen-bond acceptors (Lipinski definition) is 6. The van der Waals surface area contributed by atoms with Gasteiger partial charge in [0.1, 0.15) is 0 Å². The molecule has 0 aromatic carbocycles. The van der Waals surface area contributed by atoms with E-state index in [-0.39, 0.29) is 11.9 Å². The molecule has 4 rings (SSSR count). The molecule has 7 heteroatoms. The Hall–Kier alpha value is -2.54. The molecule has 3 heterocycles. The predicted molar refractivity (Wildman–Crippen MR) is 103 cm³/mol. The molecule has 0 radical (unpaired) electrons.